The minimum absolute atomic E-state index is 0.0107. The highest BCUT2D eigenvalue weighted by molar-refractivity contribution is 5.80. The molecule has 24 heavy (non-hydrogen) atoms. The normalized spacial score (nSPS) is 21.9. The van der Waals surface area contributed by atoms with Crippen molar-refractivity contribution in [1.29, 1.82) is 0 Å². The van der Waals surface area contributed by atoms with E-state index >= 15 is 0 Å². The van der Waals surface area contributed by atoms with E-state index in [2.05, 4.69) is 41.2 Å². The van der Waals surface area contributed by atoms with Crippen LogP contribution in [-0.4, -0.2) is 43.6 Å². The standard InChI is InChI=1S/C19H28N2O3/c1-4-15(13-20-18(23)24-3)17(22)21-12-8-11-19(2,14-21)16-9-6-5-7-10-16/h5-7,9-10,15H,4,8,11-14H2,1-3H3,(H,20,23)/t15-,19?/m1/s1. The van der Waals surface area contributed by atoms with Crippen molar-refractivity contribution in [3.8, 4) is 0 Å². The summed E-state index contributed by atoms with van der Waals surface area (Å²) in [6, 6.07) is 10.4. The van der Waals surface area contributed by atoms with E-state index in [1.54, 1.807) is 0 Å². The van der Waals surface area contributed by atoms with E-state index in [1.165, 1.54) is 12.7 Å². The van der Waals surface area contributed by atoms with Gasteiger partial charge in [0.2, 0.25) is 5.91 Å². The number of hydrogen-bond acceptors (Lipinski definition) is 3. The van der Waals surface area contributed by atoms with E-state index in [0.717, 1.165) is 25.9 Å². The maximum atomic E-state index is 12.9. The zero-order valence-electron chi connectivity index (χ0n) is 14.9. The first-order valence-electron chi connectivity index (χ1n) is 8.66. The molecule has 0 aliphatic carbocycles. The smallest absolute Gasteiger partial charge is 0.406 e. The van der Waals surface area contributed by atoms with Crippen LogP contribution in [-0.2, 0) is 14.9 Å². The molecule has 5 heteroatoms. The van der Waals surface area contributed by atoms with Gasteiger partial charge < -0.3 is 15.0 Å². The number of piperidine rings is 1. The van der Waals surface area contributed by atoms with Gasteiger partial charge in [0, 0.05) is 25.0 Å². The molecule has 1 aliphatic heterocycles. The number of ether oxygens (including phenoxy) is 1. The highest BCUT2D eigenvalue weighted by Crippen LogP contribution is 2.34. The number of carbonyl (C=O) groups excluding carboxylic acids is 2. The molecule has 2 amide bonds. The van der Waals surface area contributed by atoms with Gasteiger partial charge in [-0.25, -0.2) is 4.79 Å². The van der Waals surface area contributed by atoms with Crippen LogP contribution < -0.4 is 5.32 Å². The van der Waals surface area contributed by atoms with Gasteiger partial charge in [-0.3, -0.25) is 4.79 Å². The molecule has 1 aromatic carbocycles. The van der Waals surface area contributed by atoms with Gasteiger partial charge in [-0.1, -0.05) is 44.2 Å². The van der Waals surface area contributed by atoms with Crippen molar-refractivity contribution in [1.82, 2.24) is 10.2 Å². The van der Waals surface area contributed by atoms with Gasteiger partial charge in [0.15, 0.2) is 0 Å². The molecule has 2 rings (SSSR count). The number of alkyl carbamates (subject to hydrolysis) is 1. The summed E-state index contributed by atoms with van der Waals surface area (Å²) in [4.78, 5) is 26.1. The maximum Gasteiger partial charge on any atom is 0.406 e. The van der Waals surface area contributed by atoms with Crippen LogP contribution in [0.4, 0.5) is 4.79 Å². The average molecular weight is 332 g/mol. The number of nitrogens with zero attached hydrogens (tertiary/aromatic N) is 1. The first-order chi connectivity index (χ1) is 11.5. The molecule has 1 unspecified atom stereocenters. The molecule has 1 N–H and O–H groups in total. The van der Waals surface area contributed by atoms with E-state index in [-0.39, 0.29) is 17.2 Å². The fourth-order valence-corrected chi connectivity index (χ4v) is 3.45. The lowest BCUT2D eigenvalue weighted by Gasteiger charge is -2.42. The maximum absolute atomic E-state index is 12.9. The highest BCUT2D eigenvalue weighted by atomic mass is 16.5. The topological polar surface area (TPSA) is 58.6 Å². The monoisotopic (exact) mass is 332 g/mol. The molecule has 0 bridgehead atoms. The Kier molecular flexibility index (Phi) is 6.23. The second-order valence-corrected chi connectivity index (χ2v) is 6.77. The molecule has 132 valence electrons. The van der Waals surface area contributed by atoms with Gasteiger partial charge >= 0.3 is 6.09 Å². The van der Waals surface area contributed by atoms with Crippen molar-refractivity contribution in [2.24, 2.45) is 5.92 Å². The summed E-state index contributed by atoms with van der Waals surface area (Å²) in [5, 5.41) is 2.65. The second kappa shape index (κ2) is 8.18. The van der Waals surface area contributed by atoms with Crippen LogP contribution in [0.1, 0.15) is 38.7 Å². The molecule has 0 spiro atoms. The van der Waals surface area contributed by atoms with Gasteiger partial charge in [0.1, 0.15) is 0 Å². The number of likely N-dealkylation sites (tertiary alicyclic amines) is 1. The zero-order valence-corrected chi connectivity index (χ0v) is 14.9. The summed E-state index contributed by atoms with van der Waals surface area (Å²) in [7, 11) is 1.33. The summed E-state index contributed by atoms with van der Waals surface area (Å²) in [5.74, 6) is -0.0852. The van der Waals surface area contributed by atoms with Crippen LogP contribution in [0, 0.1) is 5.92 Å². The molecule has 2 atom stereocenters. The number of methoxy groups -OCH3 is 1. The Morgan fingerprint density at radius 3 is 2.67 bits per heavy atom. The lowest BCUT2D eigenvalue weighted by molar-refractivity contribution is -0.137. The van der Waals surface area contributed by atoms with Gasteiger partial charge in [0.05, 0.1) is 13.0 Å². The molecule has 0 saturated carbocycles. The van der Waals surface area contributed by atoms with Crippen LogP contribution in [0.25, 0.3) is 0 Å². The predicted molar refractivity (Wildman–Crippen MR) is 93.8 cm³/mol. The van der Waals surface area contributed by atoms with Gasteiger partial charge in [-0.05, 0) is 24.8 Å². The Balaban J connectivity index is 2.04. The molecule has 1 heterocycles. The summed E-state index contributed by atoms with van der Waals surface area (Å²) in [5.41, 5.74) is 1.27. The molecule has 1 aliphatic rings. The number of carbonyl (C=O) groups is 2. The summed E-state index contributed by atoms with van der Waals surface area (Å²) >= 11 is 0. The van der Waals surface area contributed by atoms with E-state index in [0.29, 0.717) is 13.0 Å². The molecular weight excluding hydrogens is 304 g/mol. The molecule has 0 aromatic heterocycles. The van der Waals surface area contributed by atoms with Crippen molar-refractivity contribution < 1.29 is 14.3 Å². The molecule has 1 fully saturated rings. The third-order valence-corrected chi connectivity index (χ3v) is 5.00. The van der Waals surface area contributed by atoms with Gasteiger partial charge in [0.25, 0.3) is 0 Å². The second-order valence-electron chi connectivity index (χ2n) is 6.77. The van der Waals surface area contributed by atoms with Crippen molar-refractivity contribution in [2.75, 3.05) is 26.7 Å². The Morgan fingerprint density at radius 2 is 2.04 bits per heavy atom. The molecule has 0 radical (unpaired) electrons. The Labute approximate surface area is 144 Å². The van der Waals surface area contributed by atoms with Crippen LogP contribution in [0.5, 0.6) is 0 Å². The molecule has 1 aromatic rings. The molecule has 5 nitrogen and oxygen atoms in total. The first-order valence-corrected chi connectivity index (χ1v) is 8.66. The number of nitrogens with one attached hydrogen (secondary N) is 1. The lowest BCUT2D eigenvalue weighted by atomic mass is 9.75. The Morgan fingerprint density at radius 1 is 1.33 bits per heavy atom. The number of benzene rings is 1. The third kappa shape index (κ3) is 4.28. The summed E-state index contributed by atoms with van der Waals surface area (Å²) in [6.07, 6.45) is 2.28. The Bertz CT molecular complexity index is 561. The predicted octanol–water partition coefficient (Wildman–Crippen LogP) is 2.95. The van der Waals surface area contributed by atoms with Crippen molar-refractivity contribution in [2.45, 2.75) is 38.5 Å². The van der Waals surface area contributed by atoms with Crippen LogP contribution in [0.2, 0.25) is 0 Å². The first kappa shape index (κ1) is 18.3. The summed E-state index contributed by atoms with van der Waals surface area (Å²) in [6.45, 7) is 6.04. The number of rotatable bonds is 5. The Hall–Kier alpha value is -2.04. The molecule has 1 saturated heterocycles. The van der Waals surface area contributed by atoms with Crippen molar-refractivity contribution >= 4 is 12.0 Å². The zero-order chi connectivity index (χ0) is 17.6. The molecular formula is C19H28N2O3. The SMILES string of the molecule is CC[C@H](CNC(=O)OC)C(=O)N1CCCC(C)(c2ccccc2)C1. The van der Waals surface area contributed by atoms with E-state index in [4.69, 9.17) is 0 Å². The lowest BCUT2D eigenvalue weighted by Crippen LogP contribution is -2.50. The third-order valence-electron chi connectivity index (χ3n) is 5.00. The quantitative estimate of drug-likeness (QED) is 0.902. The van der Waals surface area contributed by atoms with Crippen molar-refractivity contribution in [3.05, 3.63) is 35.9 Å². The van der Waals surface area contributed by atoms with E-state index in [1.807, 2.05) is 17.9 Å². The fourth-order valence-electron chi connectivity index (χ4n) is 3.45. The largest absolute Gasteiger partial charge is 0.453 e. The van der Waals surface area contributed by atoms with E-state index in [9.17, 15) is 9.59 Å². The van der Waals surface area contributed by atoms with Crippen molar-refractivity contribution in [3.63, 3.8) is 0 Å². The van der Waals surface area contributed by atoms with Crippen LogP contribution >= 0.6 is 0 Å². The van der Waals surface area contributed by atoms with E-state index < -0.39 is 6.09 Å². The van der Waals surface area contributed by atoms with Crippen LogP contribution in [0.3, 0.4) is 0 Å². The van der Waals surface area contributed by atoms with Gasteiger partial charge in [-0.2, -0.15) is 0 Å². The fraction of sp³-hybridized carbons (Fsp3) is 0.579. The summed E-state index contributed by atoms with van der Waals surface area (Å²) < 4.78 is 4.59. The average Bonchev–Trinajstić information content (AvgIpc) is 2.62. The minimum atomic E-state index is -0.492. The highest BCUT2D eigenvalue weighted by Gasteiger charge is 2.36. The minimum Gasteiger partial charge on any atom is -0.453 e. The van der Waals surface area contributed by atoms with Gasteiger partial charge in [-0.15, -0.1) is 0 Å². The number of amides is 2. The number of hydrogen-bond donors (Lipinski definition) is 1. The van der Waals surface area contributed by atoms with Crippen LogP contribution in [0.15, 0.2) is 30.3 Å².